The standard InChI is InChI=1S/C26H42N8O/c1-17(2)10-13-28-22(35)19-9-8-18(3)21(14-19)30-24-31-23(29-20-11-12-27-15-20)32-25(33-24)34(7)16-26(4,5)6/h8-9,14,17,20,27H,10-13,15-16H2,1-7H3,(H,28,35)(H2,29,30,31,32,33)/t20-/m0/s1. The summed E-state index contributed by atoms with van der Waals surface area (Å²) in [5.74, 6) is 2.07. The van der Waals surface area contributed by atoms with Gasteiger partial charge >= 0.3 is 0 Å². The van der Waals surface area contributed by atoms with Crippen LogP contribution in [0.25, 0.3) is 0 Å². The van der Waals surface area contributed by atoms with Gasteiger partial charge in [0.2, 0.25) is 17.8 Å². The van der Waals surface area contributed by atoms with Gasteiger partial charge in [-0.05, 0) is 55.3 Å². The second kappa shape index (κ2) is 11.7. The molecule has 1 amide bonds. The highest BCUT2D eigenvalue weighted by atomic mass is 16.1. The summed E-state index contributed by atoms with van der Waals surface area (Å²) < 4.78 is 0. The van der Waals surface area contributed by atoms with E-state index in [4.69, 9.17) is 9.97 Å². The summed E-state index contributed by atoms with van der Waals surface area (Å²) in [5, 5.41) is 13.2. The van der Waals surface area contributed by atoms with Gasteiger partial charge < -0.3 is 26.2 Å². The van der Waals surface area contributed by atoms with Gasteiger partial charge in [0.25, 0.3) is 5.91 Å². The molecule has 1 atom stereocenters. The lowest BCUT2D eigenvalue weighted by molar-refractivity contribution is 0.0952. The van der Waals surface area contributed by atoms with Crippen molar-refractivity contribution in [2.75, 3.05) is 48.8 Å². The lowest BCUT2D eigenvalue weighted by Gasteiger charge is -2.27. The van der Waals surface area contributed by atoms with Gasteiger partial charge in [0.1, 0.15) is 0 Å². The molecule has 0 aliphatic carbocycles. The van der Waals surface area contributed by atoms with Crippen LogP contribution in [-0.2, 0) is 0 Å². The quantitative estimate of drug-likeness (QED) is 0.403. The first-order chi connectivity index (χ1) is 16.5. The molecule has 1 aromatic carbocycles. The Bertz CT molecular complexity index is 995. The van der Waals surface area contributed by atoms with Crippen molar-refractivity contribution in [2.24, 2.45) is 11.3 Å². The van der Waals surface area contributed by atoms with E-state index >= 15 is 0 Å². The van der Waals surface area contributed by atoms with E-state index in [1.807, 2.05) is 32.2 Å². The Hall–Kier alpha value is -2.94. The van der Waals surface area contributed by atoms with Gasteiger partial charge in [-0.3, -0.25) is 4.79 Å². The zero-order valence-electron chi connectivity index (χ0n) is 22.3. The molecule has 0 radical (unpaired) electrons. The van der Waals surface area contributed by atoms with Crippen molar-refractivity contribution in [3.05, 3.63) is 29.3 Å². The first-order valence-electron chi connectivity index (χ1n) is 12.6. The molecule has 0 saturated carbocycles. The van der Waals surface area contributed by atoms with Crippen LogP contribution in [0.3, 0.4) is 0 Å². The van der Waals surface area contributed by atoms with E-state index in [0.29, 0.717) is 35.9 Å². The van der Waals surface area contributed by atoms with Gasteiger partial charge in [0, 0.05) is 44.0 Å². The number of hydrogen-bond acceptors (Lipinski definition) is 8. The van der Waals surface area contributed by atoms with Gasteiger partial charge in [-0.25, -0.2) is 0 Å². The first-order valence-corrected chi connectivity index (χ1v) is 12.6. The van der Waals surface area contributed by atoms with Gasteiger partial charge in [0.15, 0.2) is 0 Å². The van der Waals surface area contributed by atoms with Crippen LogP contribution < -0.4 is 26.2 Å². The summed E-state index contributed by atoms with van der Waals surface area (Å²) in [6, 6.07) is 5.93. The topological polar surface area (TPSA) is 107 Å². The minimum absolute atomic E-state index is 0.0777. The number of aromatic nitrogens is 3. The fourth-order valence-corrected chi connectivity index (χ4v) is 3.99. The molecule has 1 aliphatic rings. The summed E-state index contributed by atoms with van der Waals surface area (Å²) >= 11 is 0. The summed E-state index contributed by atoms with van der Waals surface area (Å²) in [6.07, 6.45) is 1.97. The second-order valence-electron chi connectivity index (χ2n) is 11.1. The van der Waals surface area contributed by atoms with E-state index in [1.165, 1.54) is 0 Å². The maximum Gasteiger partial charge on any atom is 0.251 e. The molecule has 0 unspecified atom stereocenters. The number of amides is 1. The lowest BCUT2D eigenvalue weighted by atomic mass is 9.96. The van der Waals surface area contributed by atoms with Gasteiger partial charge in [-0.2, -0.15) is 15.0 Å². The molecule has 1 saturated heterocycles. The van der Waals surface area contributed by atoms with Crippen molar-refractivity contribution in [3.63, 3.8) is 0 Å². The average Bonchev–Trinajstić information content (AvgIpc) is 3.26. The third kappa shape index (κ3) is 8.35. The van der Waals surface area contributed by atoms with Crippen LogP contribution >= 0.6 is 0 Å². The highest BCUT2D eigenvalue weighted by Gasteiger charge is 2.20. The Labute approximate surface area is 209 Å². The number of benzene rings is 1. The molecule has 0 spiro atoms. The molecule has 35 heavy (non-hydrogen) atoms. The molecule has 9 heteroatoms. The molecule has 4 N–H and O–H groups in total. The first kappa shape index (κ1) is 26.7. The number of nitrogens with one attached hydrogen (secondary N) is 4. The Balaban J connectivity index is 1.84. The molecule has 192 valence electrons. The van der Waals surface area contributed by atoms with Gasteiger partial charge in [-0.1, -0.05) is 40.7 Å². The summed E-state index contributed by atoms with van der Waals surface area (Å²) in [6.45, 7) is 16.2. The van der Waals surface area contributed by atoms with Crippen LogP contribution in [-0.4, -0.2) is 60.1 Å². The molecule has 1 fully saturated rings. The minimum atomic E-state index is -0.0777. The van der Waals surface area contributed by atoms with Crippen LogP contribution in [0.4, 0.5) is 23.5 Å². The van der Waals surface area contributed by atoms with Crippen LogP contribution in [0, 0.1) is 18.3 Å². The number of rotatable bonds is 10. The van der Waals surface area contributed by atoms with Crippen LogP contribution in [0.2, 0.25) is 0 Å². The largest absolute Gasteiger partial charge is 0.352 e. The van der Waals surface area contributed by atoms with Crippen LogP contribution in [0.5, 0.6) is 0 Å². The predicted molar refractivity (Wildman–Crippen MR) is 144 cm³/mol. The smallest absolute Gasteiger partial charge is 0.251 e. The maximum atomic E-state index is 12.7. The third-order valence-electron chi connectivity index (χ3n) is 5.82. The van der Waals surface area contributed by atoms with E-state index in [0.717, 1.165) is 43.7 Å². The summed E-state index contributed by atoms with van der Waals surface area (Å²) in [7, 11) is 2.00. The predicted octanol–water partition coefficient (Wildman–Crippen LogP) is 3.96. The molecule has 1 aromatic heterocycles. The minimum Gasteiger partial charge on any atom is -0.352 e. The average molecular weight is 483 g/mol. The van der Waals surface area contributed by atoms with E-state index in [1.54, 1.807) is 0 Å². The normalized spacial score (nSPS) is 15.8. The van der Waals surface area contributed by atoms with Crippen molar-refractivity contribution in [2.45, 2.75) is 60.4 Å². The van der Waals surface area contributed by atoms with Crippen LogP contribution in [0.1, 0.15) is 63.4 Å². The molecule has 2 heterocycles. The molecular weight excluding hydrogens is 440 g/mol. The van der Waals surface area contributed by atoms with E-state index in [9.17, 15) is 4.79 Å². The molecular formula is C26H42N8O. The maximum absolute atomic E-state index is 12.7. The molecule has 3 rings (SSSR count). The highest BCUT2D eigenvalue weighted by molar-refractivity contribution is 5.95. The van der Waals surface area contributed by atoms with Crippen molar-refractivity contribution in [3.8, 4) is 0 Å². The molecule has 9 nitrogen and oxygen atoms in total. The number of carbonyl (C=O) groups excluding carboxylic acids is 1. The number of anilines is 4. The zero-order chi connectivity index (χ0) is 25.6. The Morgan fingerprint density at radius 3 is 2.60 bits per heavy atom. The van der Waals surface area contributed by atoms with Gasteiger partial charge in [-0.15, -0.1) is 0 Å². The van der Waals surface area contributed by atoms with Crippen molar-refractivity contribution >= 4 is 29.4 Å². The highest BCUT2D eigenvalue weighted by Crippen LogP contribution is 2.24. The Morgan fingerprint density at radius 1 is 1.20 bits per heavy atom. The third-order valence-corrected chi connectivity index (χ3v) is 5.82. The van der Waals surface area contributed by atoms with E-state index in [-0.39, 0.29) is 17.4 Å². The van der Waals surface area contributed by atoms with Crippen molar-refractivity contribution < 1.29 is 4.79 Å². The fourth-order valence-electron chi connectivity index (χ4n) is 3.99. The van der Waals surface area contributed by atoms with Crippen molar-refractivity contribution in [1.82, 2.24) is 25.6 Å². The number of hydrogen-bond donors (Lipinski definition) is 4. The Kier molecular flexibility index (Phi) is 8.88. The fraction of sp³-hybridized carbons (Fsp3) is 0.615. The van der Waals surface area contributed by atoms with Crippen molar-refractivity contribution in [1.29, 1.82) is 0 Å². The zero-order valence-corrected chi connectivity index (χ0v) is 22.3. The Morgan fingerprint density at radius 2 is 1.94 bits per heavy atom. The summed E-state index contributed by atoms with van der Waals surface area (Å²) in [4.78, 5) is 28.8. The second-order valence-corrected chi connectivity index (χ2v) is 11.1. The number of aryl methyl sites for hydroxylation is 1. The molecule has 1 aliphatic heterocycles. The van der Waals surface area contributed by atoms with Gasteiger partial charge in [0.05, 0.1) is 0 Å². The molecule has 2 aromatic rings. The number of carbonyl (C=O) groups is 1. The SMILES string of the molecule is Cc1ccc(C(=O)NCCC(C)C)cc1Nc1nc(N[C@H]2CCNC2)nc(N(C)CC(C)(C)C)n1. The monoisotopic (exact) mass is 482 g/mol. The van der Waals surface area contributed by atoms with Crippen LogP contribution in [0.15, 0.2) is 18.2 Å². The number of nitrogens with zero attached hydrogens (tertiary/aromatic N) is 4. The van der Waals surface area contributed by atoms with E-state index < -0.39 is 0 Å². The van der Waals surface area contributed by atoms with E-state index in [2.05, 4.69) is 65.8 Å². The lowest BCUT2D eigenvalue weighted by Crippen LogP contribution is -2.31. The summed E-state index contributed by atoms with van der Waals surface area (Å²) in [5.41, 5.74) is 2.50. The molecule has 0 bridgehead atoms.